The Kier molecular flexibility index (Phi) is 10.3. The number of nitrogens with one attached hydrogen (secondary N) is 2. The maximum atomic E-state index is 12.2. The molecule has 0 spiro atoms. The molecule has 1 aromatic carbocycles. The number of aromatic nitrogens is 1. The van der Waals surface area contributed by atoms with E-state index in [0.717, 1.165) is 12.5 Å². The van der Waals surface area contributed by atoms with Crippen molar-refractivity contribution in [2.24, 2.45) is 4.99 Å². The van der Waals surface area contributed by atoms with E-state index in [4.69, 9.17) is 0 Å². The van der Waals surface area contributed by atoms with Crippen molar-refractivity contribution >= 4 is 40.0 Å². The number of hydrogen-bond donors (Lipinski definition) is 2. The summed E-state index contributed by atoms with van der Waals surface area (Å²) in [7, 11) is -1.60. The summed E-state index contributed by atoms with van der Waals surface area (Å²) in [5.41, 5.74) is 1.18. The summed E-state index contributed by atoms with van der Waals surface area (Å²) < 4.78 is 26.8. The Morgan fingerprint density at radius 3 is 2.56 bits per heavy atom. The highest BCUT2D eigenvalue weighted by Crippen LogP contribution is 2.05. The number of guanidine groups is 1. The number of rotatable bonds is 8. The van der Waals surface area contributed by atoms with E-state index in [0.29, 0.717) is 13.1 Å². The van der Waals surface area contributed by atoms with Crippen molar-refractivity contribution in [3.05, 3.63) is 60.4 Å². The van der Waals surface area contributed by atoms with E-state index < -0.39 is 10.0 Å². The first-order valence-corrected chi connectivity index (χ1v) is 9.94. The predicted molar refractivity (Wildman–Crippen MR) is 119 cm³/mol. The number of nitrogens with zero attached hydrogens (tertiary/aromatic N) is 3. The lowest BCUT2D eigenvalue weighted by atomic mass is 10.2. The molecule has 0 saturated carbocycles. The van der Waals surface area contributed by atoms with Gasteiger partial charge in [-0.2, -0.15) is 0 Å². The lowest BCUT2D eigenvalue weighted by molar-refractivity contribution is 0.477. The fourth-order valence-electron chi connectivity index (χ4n) is 2.33. The maximum Gasteiger partial charge on any atom is 0.242 e. The average Bonchev–Trinajstić information content (AvgIpc) is 2.65. The standard InChI is InChI=1S/C18H25N5O2S.HI/c1-3-20-18(23(2)15-16-8-5-4-6-9-16)21-12-13-22-26(24,25)17-10-7-11-19-14-17;/h4-11,14,22H,3,12-13,15H2,1-2H3,(H,20,21);1H. The number of benzene rings is 1. The Labute approximate surface area is 178 Å². The number of hydrogen-bond acceptors (Lipinski definition) is 4. The summed E-state index contributed by atoms with van der Waals surface area (Å²) in [6.45, 7) is 4.00. The van der Waals surface area contributed by atoms with Gasteiger partial charge in [0.25, 0.3) is 0 Å². The lowest BCUT2D eigenvalue weighted by Crippen LogP contribution is -2.39. The second-order valence-corrected chi connectivity index (χ2v) is 7.43. The maximum absolute atomic E-state index is 12.2. The lowest BCUT2D eigenvalue weighted by Gasteiger charge is -2.22. The van der Waals surface area contributed by atoms with E-state index in [1.54, 1.807) is 6.07 Å². The van der Waals surface area contributed by atoms with Gasteiger partial charge in [0.15, 0.2) is 5.96 Å². The van der Waals surface area contributed by atoms with Crippen LogP contribution >= 0.6 is 24.0 Å². The van der Waals surface area contributed by atoms with Crippen molar-refractivity contribution in [2.75, 3.05) is 26.7 Å². The molecule has 0 bridgehead atoms. The molecule has 1 aromatic heterocycles. The fraction of sp³-hybridized carbons (Fsp3) is 0.333. The van der Waals surface area contributed by atoms with E-state index in [9.17, 15) is 8.42 Å². The Balaban J connectivity index is 0.00000364. The van der Waals surface area contributed by atoms with Gasteiger partial charge < -0.3 is 10.2 Å². The minimum absolute atomic E-state index is 0. The number of pyridine rings is 1. The summed E-state index contributed by atoms with van der Waals surface area (Å²) in [4.78, 5) is 10.5. The van der Waals surface area contributed by atoms with Gasteiger partial charge in [0.2, 0.25) is 10.0 Å². The van der Waals surface area contributed by atoms with Crippen molar-refractivity contribution in [3.8, 4) is 0 Å². The minimum atomic E-state index is -3.56. The molecular formula is C18H26IN5O2S. The summed E-state index contributed by atoms with van der Waals surface area (Å²) in [6, 6.07) is 13.2. The van der Waals surface area contributed by atoms with Gasteiger partial charge in [-0.1, -0.05) is 30.3 Å². The number of halogens is 1. The van der Waals surface area contributed by atoms with E-state index in [1.807, 2.05) is 37.1 Å². The van der Waals surface area contributed by atoms with Crippen LogP contribution in [0.3, 0.4) is 0 Å². The fourth-order valence-corrected chi connectivity index (χ4v) is 3.32. The van der Waals surface area contributed by atoms with E-state index in [2.05, 4.69) is 32.1 Å². The van der Waals surface area contributed by atoms with Crippen LogP contribution in [0.15, 0.2) is 64.7 Å². The molecule has 2 aromatic rings. The van der Waals surface area contributed by atoms with E-state index >= 15 is 0 Å². The van der Waals surface area contributed by atoms with Gasteiger partial charge in [0.1, 0.15) is 4.90 Å². The van der Waals surface area contributed by atoms with Crippen molar-refractivity contribution in [1.82, 2.24) is 19.9 Å². The first-order chi connectivity index (χ1) is 12.5. The predicted octanol–water partition coefficient (Wildman–Crippen LogP) is 2.08. The summed E-state index contributed by atoms with van der Waals surface area (Å²) in [5, 5.41) is 3.22. The zero-order valence-electron chi connectivity index (χ0n) is 15.5. The Hall–Kier alpha value is -1.72. The smallest absolute Gasteiger partial charge is 0.242 e. The van der Waals surface area contributed by atoms with Crippen LogP contribution in [0.1, 0.15) is 12.5 Å². The Morgan fingerprint density at radius 1 is 1.19 bits per heavy atom. The minimum Gasteiger partial charge on any atom is -0.357 e. The van der Waals surface area contributed by atoms with Crippen LogP contribution in [0.4, 0.5) is 0 Å². The van der Waals surface area contributed by atoms with Gasteiger partial charge in [-0.25, -0.2) is 13.1 Å². The third kappa shape index (κ3) is 7.81. The third-order valence-electron chi connectivity index (χ3n) is 3.57. The molecule has 148 valence electrons. The number of aliphatic imine (C=N–C) groups is 1. The van der Waals surface area contributed by atoms with Gasteiger partial charge in [-0.05, 0) is 24.6 Å². The third-order valence-corrected chi connectivity index (χ3v) is 5.02. The van der Waals surface area contributed by atoms with Crippen molar-refractivity contribution in [2.45, 2.75) is 18.4 Å². The normalized spacial score (nSPS) is 11.6. The largest absolute Gasteiger partial charge is 0.357 e. The summed E-state index contributed by atoms with van der Waals surface area (Å²) in [6.07, 6.45) is 2.86. The first-order valence-electron chi connectivity index (χ1n) is 8.46. The average molecular weight is 503 g/mol. The topological polar surface area (TPSA) is 86.7 Å². The van der Waals surface area contributed by atoms with Gasteiger partial charge in [0.05, 0.1) is 6.54 Å². The van der Waals surface area contributed by atoms with Gasteiger partial charge in [-0.15, -0.1) is 24.0 Å². The van der Waals surface area contributed by atoms with Crippen LogP contribution in [0.25, 0.3) is 0 Å². The van der Waals surface area contributed by atoms with Crippen molar-refractivity contribution in [3.63, 3.8) is 0 Å². The van der Waals surface area contributed by atoms with Crippen molar-refractivity contribution < 1.29 is 8.42 Å². The van der Waals surface area contributed by atoms with E-state index in [1.165, 1.54) is 24.0 Å². The molecule has 0 fully saturated rings. The molecule has 2 rings (SSSR count). The highest BCUT2D eigenvalue weighted by Gasteiger charge is 2.13. The monoisotopic (exact) mass is 503 g/mol. The molecule has 27 heavy (non-hydrogen) atoms. The zero-order chi connectivity index (χ0) is 18.8. The second kappa shape index (κ2) is 11.9. The van der Waals surface area contributed by atoms with Crippen LogP contribution in [0, 0.1) is 0 Å². The van der Waals surface area contributed by atoms with Gasteiger partial charge in [0, 0.05) is 39.1 Å². The quantitative estimate of drug-likeness (QED) is 0.249. The zero-order valence-corrected chi connectivity index (χ0v) is 18.6. The van der Waals surface area contributed by atoms with Crippen LogP contribution in [-0.2, 0) is 16.6 Å². The molecule has 0 aliphatic heterocycles. The number of sulfonamides is 1. The van der Waals surface area contributed by atoms with Crippen LogP contribution in [-0.4, -0.2) is 50.9 Å². The summed E-state index contributed by atoms with van der Waals surface area (Å²) in [5.74, 6) is 0.733. The molecule has 0 aliphatic carbocycles. The molecule has 9 heteroatoms. The van der Waals surface area contributed by atoms with Crippen LogP contribution in [0.5, 0.6) is 0 Å². The van der Waals surface area contributed by atoms with Crippen molar-refractivity contribution in [1.29, 1.82) is 0 Å². The second-order valence-electron chi connectivity index (χ2n) is 5.66. The summed E-state index contributed by atoms with van der Waals surface area (Å²) >= 11 is 0. The molecule has 1 heterocycles. The van der Waals surface area contributed by atoms with E-state index in [-0.39, 0.29) is 35.4 Å². The molecule has 0 atom stereocenters. The van der Waals surface area contributed by atoms with Crippen LogP contribution < -0.4 is 10.0 Å². The first kappa shape index (κ1) is 23.3. The van der Waals surface area contributed by atoms with Gasteiger partial charge in [-0.3, -0.25) is 9.98 Å². The highest BCUT2D eigenvalue weighted by molar-refractivity contribution is 14.0. The Bertz CT molecular complexity index is 801. The van der Waals surface area contributed by atoms with Crippen LogP contribution in [0.2, 0.25) is 0 Å². The molecule has 0 unspecified atom stereocenters. The molecular weight excluding hydrogens is 477 g/mol. The molecule has 0 radical (unpaired) electrons. The Morgan fingerprint density at radius 2 is 1.93 bits per heavy atom. The molecule has 0 amide bonds. The van der Waals surface area contributed by atoms with Gasteiger partial charge >= 0.3 is 0 Å². The molecule has 0 saturated heterocycles. The molecule has 2 N–H and O–H groups in total. The SMILES string of the molecule is CCNC(=NCCNS(=O)(=O)c1cccnc1)N(C)Cc1ccccc1.I. The molecule has 7 nitrogen and oxygen atoms in total. The highest BCUT2D eigenvalue weighted by atomic mass is 127. The molecule has 0 aliphatic rings.